The Morgan fingerprint density at radius 2 is 2.00 bits per heavy atom. The highest BCUT2D eigenvalue weighted by molar-refractivity contribution is 7.51. The molecule has 6 nitrogen and oxygen atoms in total. The molecule has 0 bridgehead atoms. The largest absolute Gasteiger partial charge is 0.354 e. The number of nitrogens with two attached hydrogens (primary N) is 1. The van der Waals surface area contributed by atoms with Crippen molar-refractivity contribution < 1.29 is 19.1 Å². The number of rotatable bonds is 5. The predicted molar refractivity (Wildman–Crippen MR) is 52.7 cm³/mol. The van der Waals surface area contributed by atoms with Gasteiger partial charge in [0, 0.05) is 6.54 Å². The van der Waals surface area contributed by atoms with Crippen molar-refractivity contribution in [2.45, 2.75) is 19.9 Å². The van der Waals surface area contributed by atoms with Crippen molar-refractivity contribution in [2.75, 3.05) is 12.7 Å². The maximum Gasteiger partial charge on any atom is 0.327 e. The summed E-state index contributed by atoms with van der Waals surface area (Å²) in [6, 6.07) is -0.633. The average molecular weight is 224 g/mol. The summed E-state index contributed by atoms with van der Waals surface area (Å²) in [7, 11) is -4.03. The summed E-state index contributed by atoms with van der Waals surface area (Å²) in [5.74, 6) is -0.376. The fourth-order valence-corrected chi connectivity index (χ4v) is 1.15. The molecule has 0 aliphatic carbocycles. The standard InChI is InChI=1S/C7H17N2O4P/c1-5(2)6(8)7(10)9-3-4-14(11,12)13/h5-6H,3-4,8H2,1-2H3,(H,9,10)(H2,11,12,13)/t6-/m0/s1. The van der Waals surface area contributed by atoms with Gasteiger partial charge in [0.05, 0.1) is 12.2 Å². The first kappa shape index (κ1) is 13.6. The van der Waals surface area contributed by atoms with E-state index in [1.165, 1.54) is 0 Å². The molecule has 0 saturated heterocycles. The van der Waals surface area contributed by atoms with Crippen LogP contribution in [0.2, 0.25) is 0 Å². The minimum Gasteiger partial charge on any atom is -0.354 e. The van der Waals surface area contributed by atoms with Crippen LogP contribution in [0.4, 0.5) is 0 Å². The van der Waals surface area contributed by atoms with Gasteiger partial charge in [-0.3, -0.25) is 9.36 Å². The number of hydrogen-bond acceptors (Lipinski definition) is 3. The highest BCUT2D eigenvalue weighted by Gasteiger charge is 2.18. The maximum atomic E-state index is 11.2. The Morgan fingerprint density at radius 3 is 2.36 bits per heavy atom. The third-order valence-electron chi connectivity index (χ3n) is 1.72. The lowest BCUT2D eigenvalue weighted by Gasteiger charge is -2.15. The van der Waals surface area contributed by atoms with Crippen LogP contribution in [-0.2, 0) is 9.36 Å². The van der Waals surface area contributed by atoms with Crippen LogP contribution in [0, 0.1) is 5.92 Å². The molecule has 1 atom stereocenters. The van der Waals surface area contributed by atoms with Crippen LogP contribution in [-0.4, -0.2) is 34.4 Å². The molecule has 0 aromatic rings. The Bertz CT molecular complexity index is 238. The Hall–Kier alpha value is -0.420. The van der Waals surface area contributed by atoms with E-state index < -0.39 is 13.6 Å². The van der Waals surface area contributed by atoms with Gasteiger partial charge in [-0.1, -0.05) is 13.8 Å². The molecule has 0 heterocycles. The first-order chi connectivity index (χ1) is 6.24. The highest BCUT2D eigenvalue weighted by atomic mass is 31.2. The summed E-state index contributed by atoms with van der Waals surface area (Å²) in [4.78, 5) is 28.2. The second-order valence-electron chi connectivity index (χ2n) is 3.45. The van der Waals surface area contributed by atoms with Gasteiger partial charge in [-0.2, -0.15) is 0 Å². The summed E-state index contributed by atoms with van der Waals surface area (Å²) < 4.78 is 10.4. The molecule has 0 saturated carbocycles. The first-order valence-electron chi connectivity index (χ1n) is 4.32. The van der Waals surface area contributed by atoms with Gasteiger partial charge in [0.25, 0.3) is 0 Å². The van der Waals surface area contributed by atoms with Gasteiger partial charge in [-0.15, -0.1) is 0 Å². The van der Waals surface area contributed by atoms with E-state index >= 15 is 0 Å². The zero-order chi connectivity index (χ0) is 11.4. The molecular weight excluding hydrogens is 207 g/mol. The van der Waals surface area contributed by atoms with E-state index in [1.54, 1.807) is 13.8 Å². The van der Waals surface area contributed by atoms with Crippen LogP contribution in [0.15, 0.2) is 0 Å². The Balaban J connectivity index is 3.81. The van der Waals surface area contributed by atoms with Crippen LogP contribution < -0.4 is 11.1 Å². The zero-order valence-electron chi connectivity index (χ0n) is 8.30. The van der Waals surface area contributed by atoms with Gasteiger partial charge in [0.1, 0.15) is 0 Å². The normalized spacial score (nSPS) is 14.1. The van der Waals surface area contributed by atoms with E-state index in [1.807, 2.05) is 0 Å². The smallest absolute Gasteiger partial charge is 0.327 e. The Labute approximate surface area is 83.0 Å². The molecule has 0 aromatic carbocycles. The van der Waals surface area contributed by atoms with Crippen LogP contribution in [0.3, 0.4) is 0 Å². The van der Waals surface area contributed by atoms with Gasteiger partial charge in [0.2, 0.25) is 5.91 Å². The van der Waals surface area contributed by atoms with Gasteiger partial charge < -0.3 is 20.8 Å². The van der Waals surface area contributed by atoms with Crippen molar-refractivity contribution in [1.29, 1.82) is 0 Å². The number of amides is 1. The molecule has 0 aliphatic rings. The minimum absolute atomic E-state index is 0.00468. The van der Waals surface area contributed by atoms with Crippen molar-refractivity contribution in [3.63, 3.8) is 0 Å². The van der Waals surface area contributed by atoms with Gasteiger partial charge in [0.15, 0.2) is 0 Å². The Morgan fingerprint density at radius 1 is 1.50 bits per heavy atom. The third kappa shape index (κ3) is 6.10. The fourth-order valence-electron chi connectivity index (χ4n) is 0.745. The number of carbonyl (C=O) groups excluding carboxylic acids is 1. The van der Waals surface area contributed by atoms with Crippen molar-refractivity contribution in [1.82, 2.24) is 5.32 Å². The molecule has 0 unspecified atom stereocenters. The molecule has 14 heavy (non-hydrogen) atoms. The van der Waals surface area contributed by atoms with E-state index in [9.17, 15) is 9.36 Å². The minimum atomic E-state index is -4.03. The summed E-state index contributed by atoms with van der Waals surface area (Å²) in [6.45, 7) is 3.55. The molecule has 1 amide bonds. The fraction of sp³-hybridized carbons (Fsp3) is 0.857. The molecular formula is C7H17N2O4P. The lowest BCUT2D eigenvalue weighted by Crippen LogP contribution is -2.44. The average Bonchev–Trinajstić information content (AvgIpc) is 2.00. The van der Waals surface area contributed by atoms with Crippen molar-refractivity contribution in [2.24, 2.45) is 11.7 Å². The number of hydrogen-bond donors (Lipinski definition) is 4. The molecule has 0 radical (unpaired) electrons. The lowest BCUT2D eigenvalue weighted by atomic mass is 10.1. The maximum absolute atomic E-state index is 11.2. The van der Waals surface area contributed by atoms with Crippen molar-refractivity contribution in [3.05, 3.63) is 0 Å². The topological polar surface area (TPSA) is 113 Å². The summed E-state index contributed by atoms with van der Waals surface area (Å²) >= 11 is 0. The molecule has 0 rings (SSSR count). The second kappa shape index (κ2) is 5.46. The van der Waals surface area contributed by atoms with Crippen molar-refractivity contribution >= 4 is 13.5 Å². The van der Waals surface area contributed by atoms with E-state index in [-0.39, 0.29) is 24.5 Å². The number of nitrogens with one attached hydrogen (secondary N) is 1. The van der Waals surface area contributed by atoms with Crippen molar-refractivity contribution in [3.8, 4) is 0 Å². The molecule has 7 heteroatoms. The van der Waals surface area contributed by atoms with E-state index in [4.69, 9.17) is 15.5 Å². The van der Waals surface area contributed by atoms with Crippen LogP contribution in [0.1, 0.15) is 13.8 Å². The van der Waals surface area contributed by atoms with E-state index in [2.05, 4.69) is 5.32 Å². The van der Waals surface area contributed by atoms with Crippen LogP contribution in [0.5, 0.6) is 0 Å². The molecule has 0 fully saturated rings. The van der Waals surface area contributed by atoms with Gasteiger partial charge in [-0.05, 0) is 5.92 Å². The summed E-state index contributed by atoms with van der Waals surface area (Å²) in [5.41, 5.74) is 5.50. The van der Waals surface area contributed by atoms with E-state index in [0.717, 1.165) is 0 Å². The summed E-state index contributed by atoms with van der Waals surface area (Å²) in [5, 5.41) is 2.36. The third-order valence-corrected chi connectivity index (χ3v) is 2.53. The summed E-state index contributed by atoms with van der Waals surface area (Å²) in [6.07, 6.45) is -0.358. The van der Waals surface area contributed by atoms with Gasteiger partial charge in [-0.25, -0.2) is 0 Å². The zero-order valence-corrected chi connectivity index (χ0v) is 9.20. The lowest BCUT2D eigenvalue weighted by molar-refractivity contribution is -0.123. The molecule has 0 aromatic heterocycles. The van der Waals surface area contributed by atoms with E-state index in [0.29, 0.717) is 0 Å². The highest BCUT2D eigenvalue weighted by Crippen LogP contribution is 2.32. The molecule has 84 valence electrons. The SMILES string of the molecule is CC(C)[C@H](N)C(=O)NCCP(=O)(O)O. The Kier molecular flexibility index (Phi) is 5.29. The second-order valence-corrected chi connectivity index (χ2v) is 5.23. The molecule has 0 aliphatic heterocycles. The molecule has 0 spiro atoms. The predicted octanol–water partition coefficient (Wildman–Crippen LogP) is -0.736. The quantitative estimate of drug-likeness (QED) is 0.459. The van der Waals surface area contributed by atoms with Crippen LogP contribution in [0.25, 0.3) is 0 Å². The molecule has 5 N–H and O–H groups in total. The first-order valence-corrected chi connectivity index (χ1v) is 6.11. The van der Waals surface area contributed by atoms with Crippen LogP contribution >= 0.6 is 7.60 Å². The van der Waals surface area contributed by atoms with Gasteiger partial charge >= 0.3 is 7.60 Å². The monoisotopic (exact) mass is 224 g/mol. The number of carbonyl (C=O) groups is 1.